The average molecular weight is 187 g/mol. The van der Waals surface area contributed by atoms with E-state index >= 15 is 0 Å². The third kappa shape index (κ3) is 1.24. The lowest BCUT2D eigenvalue weighted by Gasteiger charge is -2.25. The van der Waals surface area contributed by atoms with Gasteiger partial charge in [-0.2, -0.15) is 0 Å². The number of fused-ring (bicyclic) bond motifs is 2. The Kier molecular flexibility index (Phi) is 2.06. The molecule has 0 aromatic carbocycles. The van der Waals surface area contributed by atoms with Gasteiger partial charge in [0.05, 0.1) is 0 Å². The normalized spacial score (nSPS) is 41.1. The molecule has 0 aliphatic heterocycles. The fourth-order valence-corrected chi connectivity index (χ4v) is 2.76. The van der Waals surface area contributed by atoms with Gasteiger partial charge in [-0.3, -0.25) is 4.55 Å². The molecule has 1 fully saturated rings. The molecule has 0 heterocycles. The first-order chi connectivity index (χ1) is 5.68. The van der Waals surface area contributed by atoms with E-state index in [2.05, 4.69) is 12.2 Å². The molecule has 0 aromatic rings. The maximum absolute atomic E-state index is 10.8. The summed E-state index contributed by atoms with van der Waals surface area (Å²) in [6.07, 6.45) is 6.63. The molecule has 2 aliphatic rings. The second-order valence-electron chi connectivity index (χ2n) is 3.62. The zero-order valence-electron chi connectivity index (χ0n) is 7.01. The van der Waals surface area contributed by atoms with Gasteiger partial charge in [0.15, 0.2) is 0 Å². The van der Waals surface area contributed by atoms with Gasteiger partial charge in [-0.15, -0.1) is 0 Å². The van der Waals surface area contributed by atoms with Crippen LogP contribution in [0, 0.1) is 11.8 Å². The first kappa shape index (κ1) is 8.41. The Morgan fingerprint density at radius 2 is 2.25 bits per heavy atom. The van der Waals surface area contributed by atoms with Crippen molar-refractivity contribution >= 4 is 11.3 Å². The molecule has 2 bridgehead atoms. The van der Waals surface area contributed by atoms with Gasteiger partial charge in [0.1, 0.15) is 0 Å². The van der Waals surface area contributed by atoms with Crippen molar-refractivity contribution in [3.8, 4) is 0 Å². The highest BCUT2D eigenvalue weighted by Gasteiger charge is 2.39. The first-order valence-electron chi connectivity index (χ1n) is 4.20. The zero-order valence-corrected chi connectivity index (χ0v) is 7.83. The van der Waals surface area contributed by atoms with Crippen molar-refractivity contribution in [2.45, 2.75) is 18.9 Å². The van der Waals surface area contributed by atoms with Crippen molar-refractivity contribution in [2.75, 3.05) is 7.05 Å². The summed E-state index contributed by atoms with van der Waals surface area (Å²) >= 11 is -1.80. The van der Waals surface area contributed by atoms with Crippen LogP contribution in [-0.2, 0) is 11.3 Å². The first-order valence-corrected chi connectivity index (χ1v) is 5.27. The van der Waals surface area contributed by atoms with Gasteiger partial charge in [-0.05, 0) is 24.7 Å². The minimum Gasteiger partial charge on any atom is -0.294 e. The van der Waals surface area contributed by atoms with Crippen LogP contribution in [0.5, 0.6) is 0 Å². The van der Waals surface area contributed by atoms with E-state index in [9.17, 15) is 4.21 Å². The quantitative estimate of drug-likeness (QED) is 0.518. The minimum atomic E-state index is -1.80. The average Bonchev–Trinajstić information content (AvgIpc) is 2.62. The van der Waals surface area contributed by atoms with E-state index in [-0.39, 0.29) is 6.04 Å². The molecule has 2 rings (SSSR count). The molecule has 68 valence electrons. The Morgan fingerprint density at radius 1 is 1.50 bits per heavy atom. The highest BCUT2D eigenvalue weighted by atomic mass is 32.2. The standard InChI is InChI=1S/C8H13NO2S/c1-9(12(10)11)8-5-6-2-3-7(8)4-6/h2-3,6-8H,4-5H2,1H3,(H,10,11). The second kappa shape index (κ2) is 2.94. The Hall–Kier alpha value is -0.190. The third-order valence-corrected chi connectivity index (χ3v) is 3.72. The zero-order chi connectivity index (χ0) is 8.72. The van der Waals surface area contributed by atoms with Crippen LogP contribution in [0.15, 0.2) is 12.2 Å². The van der Waals surface area contributed by atoms with Crippen molar-refractivity contribution in [1.29, 1.82) is 0 Å². The molecular formula is C8H13NO2S. The van der Waals surface area contributed by atoms with Gasteiger partial charge < -0.3 is 0 Å². The molecule has 0 saturated heterocycles. The van der Waals surface area contributed by atoms with Gasteiger partial charge in [-0.25, -0.2) is 8.51 Å². The van der Waals surface area contributed by atoms with Crippen LogP contribution in [0.1, 0.15) is 12.8 Å². The van der Waals surface area contributed by atoms with Gasteiger partial charge in [0.25, 0.3) is 0 Å². The van der Waals surface area contributed by atoms with Gasteiger partial charge >= 0.3 is 0 Å². The second-order valence-corrected chi connectivity index (χ2v) is 4.66. The topological polar surface area (TPSA) is 40.5 Å². The summed E-state index contributed by atoms with van der Waals surface area (Å²) in [4.78, 5) is 0. The van der Waals surface area contributed by atoms with E-state index < -0.39 is 11.3 Å². The van der Waals surface area contributed by atoms with Gasteiger partial charge in [0, 0.05) is 13.1 Å². The maximum atomic E-state index is 10.8. The van der Waals surface area contributed by atoms with E-state index in [0.717, 1.165) is 6.42 Å². The molecule has 4 atom stereocenters. The molecule has 0 aromatic heterocycles. The van der Waals surface area contributed by atoms with E-state index in [1.165, 1.54) is 6.42 Å². The SMILES string of the molecule is CN(C1CC2C=CC1C2)S(=O)O. The Balaban J connectivity index is 2.07. The molecule has 3 nitrogen and oxygen atoms in total. The number of allylic oxidation sites excluding steroid dienone is 1. The van der Waals surface area contributed by atoms with E-state index in [1.54, 1.807) is 11.4 Å². The largest absolute Gasteiger partial charge is 0.294 e. The summed E-state index contributed by atoms with van der Waals surface area (Å²) in [5, 5.41) is 0. The molecule has 0 radical (unpaired) electrons. The fourth-order valence-electron chi connectivity index (χ4n) is 2.29. The monoisotopic (exact) mass is 187 g/mol. The summed E-state index contributed by atoms with van der Waals surface area (Å²) in [5.74, 6) is 1.17. The van der Waals surface area contributed by atoms with E-state index in [1.807, 2.05) is 0 Å². The van der Waals surface area contributed by atoms with E-state index in [0.29, 0.717) is 11.8 Å². The van der Waals surface area contributed by atoms with Gasteiger partial charge in [0.2, 0.25) is 11.3 Å². The molecular weight excluding hydrogens is 174 g/mol. The number of nitrogens with zero attached hydrogens (tertiary/aromatic N) is 1. The van der Waals surface area contributed by atoms with Crippen LogP contribution in [0.4, 0.5) is 0 Å². The smallest absolute Gasteiger partial charge is 0.234 e. The highest BCUT2D eigenvalue weighted by molar-refractivity contribution is 7.76. The van der Waals surface area contributed by atoms with Crippen molar-refractivity contribution < 1.29 is 8.76 Å². The van der Waals surface area contributed by atoms with Crippen LogP contribution in [0.2, 0.25) is 0 Å². The van der Waals surface area contributed by atoms with E-state index in [4.69, 9.17) is 4.55 Å². The Labute approximate surface area is 74.9 Å². The lowest BCUT2D eigenvalue weighted by molar-refractivity contribution is 0.320. The number of hydrogen-bond donors (Lipinski definition) is 1. The molecule has 1 N–H and O–H groups in total. The van der Waals surface area contributed by atoms with Crippen LogP contribution >= 0.6 is 0 Å². The van der Waals surface area contributed by atoms with Crippen molar-refractivity contribution in [1.82, 2.24) is 4.31 Å². The molecule has 0 spiro atoms. The summed E-state index contributed by atoms with van der Waals surface area (Å²) in [6.45, 7) is 0. The molecule has 2 aliphatic carbocycles. The van der Waals surface area contributed by atoms with Gasteiger partial charge in [-0.1, -0.05) is 12.2 Å². The van der Waals surface area contributed by atoms with Crippen LogP contribution in [0.25, 0.3) is 0 Å². The van der Waals surface area contributed by atoms with Crippen LogP contribution < -0.4 is 0 Å². The van der Waals surface area contributed by atoms with Crippen LogP contribution in [-0.4, -0.2) is 26.2 Å². The van der Waals surface area contributed by atoms with Crippen molar-refractivity contribution in [2.24, 2.45) is 11.8 Å². The lowest BCUT2D eigenvalue weighted by atomic mass is 10.0. The summed E-state index contributed by atoms with van der Waals surface area (Å²) in [6, 6.07) is 0.283. The number of rotatable bonds is 2. The summed E-state index contributed by atoms with van der Waals surface area (Å²) in [7, 11) is 1.72. The fraction of sp³-hybridized carbons (Fsp3) is 0.750. The molecule has 4 unspecified atom stereocenters. The lowest BCUT2D eigenvalue weighted by Crippen LogP contribution is -2.35. The highest BCUT2D eigenvalue weighted by Crippen LogP contribution is 2.41. The molecule has 12 heavy (non-hydrogen) atoms. The number of hydrogen-bond acceptors (Lipinski definition) is 1. The maximum Gasteiger partial charge on any atom is 0.234 e. The predicted molar refractivity (Wildman–Crippen MR) is 47.7 cm³/mol. The molecule has 0 amide bonds. The third-order valence-electron chi connectivity index (χ3n) is 2.96. The minimum absolute atomic E-state index is 0.283. The summed E-state index contributed by atoms with van der Waals surface area (Å²) in [5.41, 5.74) is 0. The van der Waals surface area contributed by atoms with Crippen LogP contribution in [0.3, 0.4) is 0 Å². The van der Waals surface area contributed by atoms with Crippen molar-refractivity contribution in [3.63, 3.8) is 0 Å². The summed E-state index contributed by atoms with van der Waals surface area (Å²) < 4.78 is 21.2. The van der Waals surface area contributed by atoms with Crippen molar-refractivity contribution in [3.05, 3.63) is 12.2 Å². The molecule has 4 heteroatoms. The molecule has 1 saturated carbocycles. The predicted octanol–water partition coefficient (Wildman–Crippen LogP) is 1.02. The Bertz CT molecular complexity index is 241. The Morgan fingerprint density at radius 3 is 2.67 bits per heavy atom.